The molecule has 0 radical (unpaired) electrons. The highest BCUT2D eigenvalue weighted by Crippen LogP contribution is 2.44. The first-order chi connectivity index (χ1) is 16.5. The summed E-state index contributed by atoms with van der Waals surface area (Å²) in [5.74, 6) is 7.33. The van der Waals surface area contributed by atoms with Crippen LogP contribution < -0.4 is 4.74 Å². The molecule has 1 aliphatic heterocycles. The predicted octanol–water partition coefficient (Wildman–Crippen LogP) is 5.95. The first-order valence-corrected chi connectivity index (χ1v) is 12.8. The molecule has 34 heavy (non-hydrogen) atoms. The number of nitrogens with zero attached hydrogens (tertiary/aromatic N) is 2. The lowest BCUT2D eigenvalue weighted by Crippen LogP contribution is -2.32. The van der Waals surface area contributed by atoms with Crippen LogP contribution in [0.2, 0.25) is 0 Å². The summed E-state index contributed by atoms with van der Waals surface area (Å²) >= 11 is 0. The molecule has 0 amide bonds. The van der Waals surface area contributed by atoms with Crippen LogP contribution in [0.25, 0.3) is 0 Å². The Kier molecular flexibility index (Phi) is 9.51. The first kappa shape index (κ1) is 25.7. The lowest BCUT2D eigenvalue weighted by molar-refractivity contribution is -0.142. The van der Waals surface area contributed by atoms with Crippen molar-refractivity contribution in [1.29, 1.82) is 0 Å². The molecule has 3 rings (SSSR count). The van der Waals surface area contributed by atoms with Crippen molar-refractivity contribution in [1.82, 2.24) is 9.97 Å². The van der Waals surface area contributed by atoms with Gasteiger partial charge >= 0.3 is 5.97 Å². The predicted molar refractivity (Wildman–Crippen MR) is 135 cm³/mol. The van der Waals surface area contributed by atoms with E-state index in [-0.39, 0.29) is 17.8 Å². The lowest BCUT2D eigenvalue weighted by atomic mass is 9.71. The van der Waals surface area contributed by atoms with Gasteiger partial charge in [0.05, 0.1) is 37.7 Å². The topological polar surface area (TPSA) is 61.3 Å². The second-order valence-electron chi connectivity index (χ2n) is 9.03. The first-order valence-electron chi connectivity index (χ1n) is 12.8. The molecule has 0 atom stereocenters. The molecule has 1 aromatic carbocycles. The van der Waals surface area contributed by atoms with E-state index < -0.39 is 0 Å². The van der Waals surface area contributed by atoms with Crippen molar-refractivity contribution in [3.8, 4) is 17.6 Å². The second kappa shape index (κ2) is 12.6. The van der Waals surface area contributed by atoms with Crippen LogP contribution in [0.4, 0.5) is 0 Å². The van der Waals surface area contributed by atoms with Crippen molar-refractivity contribution in [3.05, 3.63) is 52.6 Å². The molecule has 1 aromatic heterocycles. The summed E-state index contributed by atoms with van der Waals surface area (Å²) in [6.45, 7) is 9.71. The minimum absolute atomic E-state index is 0.122. The molecule has 0 fully saturated rings. The molecule has 182 valence electrons. The monoisotopic (exact) mass is 462 g/mol. The van der Waals surface area contributed by atoms with E-state index in [4.69, 9.17) is 9.47 Å². The largest absolute Gasteiger partial charge is 0.493 e. The van der Waals surface area contributed by atoms with Gasteiger partial charge in [-0.25, -0.2) is 4.98 Å². The molecule has 0 bridgehead atoms. The summed E-state index contributed by atoms with van der Waals surface area (Å²) in [5.41, 5.74) is 4.93. The summed E-state index contributed by atoms with van der Waals surface area (Å²) in [6, 6.07) is 4.50. The van der Waals surface area contributed by atoms with Crippen molar-refractivity contribution in [2.45, 2.75) is 90.9 Å². The van der Waals surface area contributed by atoms with E-state index in [1.165, 1.54) is 30.4 Å². The highest BCUT2D eigenvalue weighted by molar-refractivity contribution is 5.71. The smallest absolute Gasteiger partial charge is 0.311 e. The fourth-order valence-corrected chi connectivity index (χ4v) is 4.70. The number of carbonyl (C=O) groups excluding carboxylic acids is 1. The number of benzene rings is 1. The van der Waals surface area contributed by atoms with Gasteiger partial charge in [-0.3, -0.25) is 9.78 Å². The molecule has 0 unspecified atom stereocenters. The highest BCUT2D eigenvalue weighted by atomic mass is 16.5. The van der Waals surface area contributed by atoms with E-state index in [1.807, 2.05) is 0 Å². The maximum atomic E-state index is 11.7. The van der Waals surface area contributed by atoms with Crippen LogP contribution in [0.15, 0.2) is 24.5 Å². The molecule has 0 N–H and O–H groups in total. The molecule has 5 heteroatoms. The van der Waals surface area contributed by atoms with Crippen LogP contribution in [0.5, 0.6) is 5.75 Å². The highest BCUT2D eigenvalue weighted by Gasteiger charge is 2.35. The molecule has 0 spiro atoms. The zero-order valence-corrected chi connectivity index (χ0v) is 21.2. The fourth-order valence-electron chi connectivity index (χ4n) is 4.70. The molecular formula is C29H38N2O3. The molecule has 0 aliphatic carbocycles. The van der Waals surface area contributed by atoms with Gasteiger partial charge in [-0.05, 0) is 62.6 Å². The van der Waals surface area contributed by atoms with Crippen molar-refractivity contribution in [3.63, 3.8) is 0 Å². The number of fused-ring (bicyclic) bond motifs is 1. The van der Waals surface area contributed by atoms with Crippen LogP contribution in [0.1, 0.15) is 101 Å². The molecule has 2 heterocycles. The van der Waals surface area contributed by atoms with Crippen molar-refractivity contribution < 1.29 is 14.3 Å². The summed E-state index contributed by atoms with van der Waals surface area (Å²) in [7, 11) is 0. The van der Waals surface area contributed by atoms with Crippen LogP contribution in [0.3, 0.4) is 0 Å². The van der Waals surface area contributed by atoms with E-state index >= 15 is 0 Å². The minimum atomic E-state index is -0.296. The third-order valence-electron chi connectivity index (χ3n) is 6.93. The second-order valence-corrected chi connectivity index (χ2v) is 9.03. The number of rotatable bonds is 10. The van der Waals surface area contributed by atoms with Crippen molar-refractivity contribution in [2.75, 3.05) is 13.2 Å². The van der Waals surface area contributed by atoms with Crippen molar-refractivity contribution in [2.24, 2.45) is 0 Å². The molecule has 1 aliphatic rings. The van der Waals surface area contributed by atoms with Gasteiger partial charge in [0.2, 0.25) is 0 Å². The lowest BCUT2D eigenvalue weighted by Gasteiger charge is -2.38. The number of unbranched alkanes of at least 4 members (excludes halogenated alkanes) is 3. The van der Waals surface area contributed by atoms with E-state index in [1.54, 1.807) is 19.3 Å². The van der Waals surface area contributed by atoms with Gasteiger partial charge in [-0.1, -0.05) is 46.0 Å². The summed E-state index contributed by atoms with van der Waals surface area (Å²) in [5, 5.41) is 0. The standard InChI is InChI=1S/C29H38N2O3/c1-5-9-10-11-12-22-18-27-26(29(6-2,7-3)15-16-34-27)17-23(22)13-14-24-20-31-25(21-30-24)19-28(32)33-8-4/h17-18,20-21H,5-12,15-16,19H2,1-4H3. The number of aromatic nitrogens is 2. The maximum Gasteiger partial charge on any atom is 0.311 e. The van der Waals surface area contributed by atoms with Crippen LogP contribution in [-0.2, 0) is 27.8 Å². The molecule has 5 nitrogen and oxygen atoms in total. The van der Waals surface area contributed by atoms with E-state index in [0.717, 1.165) is 50.0 Å². The Labute approximate surface area is 204 Å². The normalized spacial score (nSPS) is 13.9. The molecule has 0 saturated heterocycles. The average Bonchev–Trinajstić information content (AvgIpc) is 2.86. The fraction of sp³-hybridized carbons (Fsp3) is 0.552. The zero-order chi connectivity index (χ0) is 24.4. The summed E-state index contributed by atoms with van der Waals surface area (Å²) in [6.07, 6.45) is 12.4. The van der Waals surface area contributed by atoms with Crippen LogP contribution >= 0.6 is 0 Å². The summed E-state index contributed by atoms with van der Waals surface area (Å²) < 4.78 is 11.1. The van der Waals surface area contributed by atoms with E-state index in [9.17, 15) is 4.79 Å². The Balaban J connectivity index is 1.90. The quantitative estimate of drug-likeness (QED) is 0.248. The van der Waals surface area contributed by atoms with E-state index in [0.29, 0.717) is 18.0 Å². The molecule has 2 aromatic rings. The third kappa shape index (κ3) is 6.38. The Hall–Kier alpha value is -2.87. The number of carbonyl (C=O) groups is 1. The van der Waals surface area contributed by atoms with Gasteiger partial charge in [0.25, 0.3) is 0 Å². The number of esters is 1. The van der Waals surface area contributed by atoms with Gasteiger partial charge in [-0.15, -0.1) is 0 Å². The van der Waals surface area contributed by atoms with Gasteiger partial charge < -0.3 is 9.47 Å². The Bertz CT molecular complexity index is 1010. The van der Waals surface area contributed by atoms with Crippen LogP contribution in [-0.4, -0.2) is 29.2 Å². The number of aryl methyl sites for hydroxylation is 1. The summed E-state index contributed by atoms with van der Waals surface area (Å²) in [4.78, 5) is 20.4. The Morgan fingerprint density at radius 1 is 1.06 bits per heavy atom. The minimum Gasteiger partial charge on any atom is -0.493 e. The molecular weight excluding hydrogens is 424 g/mol. The number of ether oxygens (including phenoxy) is 2. The number of hydrogen-bond acceptors (Lipinski definition) is 5. The Morgan fingerprint density at radius 3 is 2.56 bits per heavy atom. The Morgan fingerprint density at radius 2 is 1.88 bits per heavy atom. The van der Waals surface area contributed by atoms with Gasteiger partial charge in [0.1, 0.15) is 11.4 Å². The van der Waals surface area contributed by atoms with Crippen molar-refractivity contribution >= 4 is 5.97 Å². The molecule has 0 saturated carbocycles. The zero-order valence-electron chi connectivity index (χ0n) is 21.2. The number of hydrogen-bond donors (Lipinski definition) is 0. The SMILES string of the molecule is CCCCCCc1cc2c(cc1C#Cc1cnc(CC(=O)OCC)cn1)C(CC)(CC)CCO2. The van der Waals surface area contributed by atoms with Gasteiger partial charge in [0.15, 0.2) is 0 Å². The van der Waals surface area contributed by atoms with Crippen LogP contribution in [0, 0.1) is 11.8 Å². The van der Waals surface area contributed by atoms with Gasteiger partial charge in [0, 0.05) is 16.5 Å². The van der Waals surface area contributed by atoms with E-state index in [2.05, 4.69) is 54.7 Å². The maximum absolute atomic E-state index is 11.7. The third-order valence-corrected chi connectivity index (χ3v) is 6.93. The van der Waals surface area contributed by atoms with Gasteiger partial charge in [-0.2, -0.15) is 0 Å². The average molecular weight is 463 g/mol.